The average molecular weight is 425 g/mol. The maximum atomic E-state index is 12.9. The summed E-state index contributed by atoms with van der Waals surface area (Å²) >= 11 is 5.91. The number of para-hydroxylation sites is 1. The summed E-state index contributed by atoms with van der Waals surface area (Å²) in [7, 11) is -3.68. The zero-order chi connectivity index (χ0) is 20.7. The molecular formula is C20H25ClN2O4S. The molecule has 0 unspecified atom stereocenters. The highest BCUT2D eigenvalue weighted by atomic mass is 35.5. The Labute approximate surface area is 171 Å². The Bertz CT molecular complexity index is 901. The Balaban J connectivity index is 2.24. The first-order valence-corrected chi connectivity index (χ1v) is 11.2. The number of nitrogens with one attached hydrogen (secondary N) is 1. The van der Waals surface area contributed by atoms with Crippen LogP contribution in [0.4, 0.5) is 5.69 Å². The Hall–Kier alpha value is -2.25. The third-order valence-corrected chi connectivity index (χ3v) is 5.57. The summed E-state index contributed by atoms with van der Waals surface area (Å²) in [6.45, 7) is 4.41. The van der Waals surface area contributed by atoms with Gasteiger partial charge in [0, 0.05) is 17.1 Å². The fourth-order valence-corrected chi connectivity index (χ4v) is 4.23. The van der Waals surface area contributed by atoms with Gasteiger partial charge in [0.25, 0.3) is 0 Å². The molecule has 1 N–H and O–H groups in total. The van der Waals surface area contributed by atoms with Crippen molar-refractivity contribution in [3.63, 3.8) is 0 Å². The van der Waals surface area contributed by atoms with Crippen molar-refractivity contribution in [2.75, 3.05) is 17.2 Å². The van der Waals surface area contributed by atoms with Gasteiger partial charge in [0.2, 0.25) is 15.9 Å². The van der Waals surface area contributed by atoms with Crippen molar-refractivity contribution in [2.24, 2.45) is 0 Å². The van der Waals surface area contributed by atoms with Gasteiger partial charge in [0.1, 0.15) is 11.8 Å². The third-order valence-electron chi connectivity index (χ3n) is 4.14. The van der Waals surface area contributed by atoms with Gasteiger partial charge in [-0.3, -0.25) is 9.10 Å². The van der Waals surface area contributed by atoms with E-state index in [9.17, 15) is 13.2 Å². The molecule has 152 valence electrons. The van der Waals surface area contributed by atoms with Crippen LogP contribution in [0, 0.1) is 0 Å². The largest absolute Gasteiger partial charge is 0.494 e. The first-order valence-electron chi connectivity index (χ1n) is 9.01. The molecule has 0 aromatic heterocycles. The number of hydrogen-bond acceptors (Lipinski definition) is 4. The number of carbonyl (C=O) groups excluding carboxylic acids is 1. The van der Waals surface area contributed by atoms with Gasteiger partial charge in [-0.15, -0.1) is 0 Å². The number of amides is 1. The number of sulfonamides is 1. The van der Waals surface area contributed by atoms with Crippen LogP contribution in [0.1, 0.15) is 25.8 Å². The van der Waals surface area contributed by atoms with Gasteiger partial charge >= 0.3 is 0 Å². The van der Waals surface area contributed by atoms with Gasteiger partial charge in [-0.05, 0) is 43.7 Å². The van der Waals surface area contributed by atoms with Crippen LogP contribution in [0.25, 0.3) is 0 Å². The Morgan fingerprint density at radius 3 is 2.36 bits per heavy atom. The van der Waals surface area contributed by atoms with E-state index < -0.39 is 16.1 Å². The van der Waals surface area contributed by atoms with Crippen molar-refractivity contribution in [1.82, 2.24) is 5.32 Å². The number of halogens is 1. The predicted octanol–water partition coefficient (Wildman–Crippen LogP) is 3.60. The zero-order valence-electron chi connectivity index (χ0n) is 16.2. The minimum absolute atomic E-state index is 0.240. The monoisotopic (exact) mass is 424 g/mol. The zero-order valence-corrected chi connectivity index (χ0v) is 17.8. The third kappa shape index (κ3) is 5.62. The maximum Gasteiger partial charge on any atom is 0.244 e. The maximum absolute atomic E-state index is 12.9. The predicted molar refractivity (Wildman–Crippen MR) is 112 cm³/mol. The first kappa shape index (κ1) is 22.0. The van der Waals surface area contributed by atoms with E-state index in [1.54, 1.807) is 31.2 Å². The topological polar surface area (TPSA) is 75.7 Å². The number of ether oxygens (including phenoxy) is 1. The van der Waals surface area contributed by atoms with Crippen LogP contribution in [0.3, 0.4) is 0 Å². The minimum Gasteiger partial charge on any atom is -0.494 e. The molecule has 2 rings (SSSR count). The van der Waals surface area contributed by atoms with Crippen molar-refractivity contribution in [2.45, 2.75) is 32.9 Å². The summed E-state index contributed by atoms with van der Waals surface area (Å²) in [5.74, 6) is 0.310. The molecule has 6 nitrogen and oxygen atoms in total. The number of anilines is 1. The summed E-state index contributed by atoms with van der Waals surface area (Å²) in [5, 5.41) is 3.32. The molecule has 2 aromatic carbocycles. The Kier molecular flexibility index (Phi) is 7.71. The SMILES string of the molecule is CCOc1ccccc1CNC(=O)[C@@H](CC)N(c1ccc(Cl)cc1)S(C)(=O)=O. The van der Waals surface area contributed by atoms with E-state index in [1.165, 1.54) is 0 Å². The Morgan fingerprint density at radius 1 is 1.14 bits per heavy atom. The van der Waals surface area contributed by atoms with Crippen molar-refractivity contribution in [1.29, 1.82) is 0 Å². The van der Waals surface area contributed by atoms with Crippen LogP contribution in [0.2, 0.25) is 5.02 Å². The molecule has 0 radical (unpaired) electrons. The lowest BCUT2D eigenvalue weighted by Gasteiger charge is -2.30. The van der Waals surface area contributed by atoms with E-state index in [-0.39, 0.29) is 12.5 Å². The molecule has 1 amide bonds. The molecule has 0 saturated carbocycles. The lowest BCUT2D eigenvalue weighted by molar-refractivity contribution is -0.122. The van der Waals surface area contributed by atoms with Crippen molar-refractivity contribution < 1.29 is 17.9 Å². The van der Waals surface area contributed by atoms with E-state index in [2.05, 4.69) is 5.32 Å². The second kappa shape index (κ2) is 9.80. The van der Waals surface area contributed by atoms with Crippen LogP contribution in [-0.4, -0.2) is 33.2 Å². The highest BCUT2D eigenvalue weighted by Crippen LogP contribution is 2.24. The summed E-state index contributed by atoms with van der Waals surface area (Å²) in [6, 6.07) is 12.9. The lowest BCUT2D eigenvalue weighted by Crippen LogP contribution is -2.49. The van der Waals surface area contributed by atoms with Gasteiger partial charge in [-0.25, -0.2) is 8.42 Å². The fraction of sp³-hybridized carbons (Fsp3) is 0.350. The van der Waals surface area contributed by atoms with Crippen molar-refractivity contribution >= 4 is 33.2 Å². The number of rotatable bonds is 9. The van der Waals surface area contributed by atoms with E-state index in [0.29, 0.717) is 29.5 Å². The standard InChI is InChI=1S/C20H25ClN2O4S/c1-4-18(23(28(3,25)26)17-12-10-16(21)11-13-17)20(24)22-14-15-8-6-7-9-19(15)27-5-2/h6-13,18H,4-5,14H2,1-3H3,(H,22,24)/t18-/m1/s1. The van der Waals surface area contributed by atoms with E-state index in [1.807, 2.05) is 31.2 Å². The number of hydrogen-bond donors (Lipinski definition) is 1. The Morgan fingerprint density at radius 2 is 1.79 bits per heavy atom. The van der Waals surface area contributed by atoms with Crippen LogP contribution in [0.5, 0.6) is 5.75 Å². The number of carbonyl (C=O) groups is 1. The van der Waals surface area contributed by atoms with Gasteiger partial charge in [0.15, 0.2) is 0 Å². The van der Waals surface area contributed by atoms with E-state index >= 15 is 0 Å². The minimum atomic E-state index is -3.68. The molecule has 0 spiro atoms. The van der Waals surface area contributed by atoms with E-state index in [4.69, 9.17) is 16.3 Å². The molecule has 1 atom stereocenters. The van der Waals surface area contributed by atoms with Gasteiger partial charge in [0.05, 0.1) is 18.6 Å². The summed E-state index contributed by atoms with van der Waals surface area (Å²) in [4.78, 5) is 12.9. The lowest BCUT2D eigenvalue weighted by atomic mass is 10.1. The number of nitrogens with zero attached hydrogens (tertiary/aromatic N) is 1. The van der Waals surface area contributed by atoms with Crippen LogP contribution in [0.15, 0.2) is 48.5 Å². The fourth-order valence-electron chi connectivity index (χ4n) is 2.89. The molecule has 0 heterocycles. The molecule has 0 aliphatic carbocycles. The summed E-state index contributed by atoms with van der Waals surface area (Å²) in [6.07, 6.45) is 1.40. The molecule has 28 heavy (non-hydrogen) atoms. The highest BCUT2D eigenvalue weighted by Gasteiger charge is 2.31. The van der Waals surface area contributed by atoms with Crippen molar-refractivity contribution in [3.8, 4) is 5.75 Å². The average Bonchev–Trinajstić information content (AvgIpc) is 2.65. The van der Waals surface area contributed by atoms with Crippen LogP contribution in [-0.2, 0) is 21.4 Å². The van der Waals surface area contributed by atoms with E-state index in [0.717, 1.165) is 16.1 Å². The second-order valence-electron chi connectivity index (χ2n) is 6.22. The molecule has 2 aromatic rings. The molecule has 0 fully saturated rings. The molecule has 0 saturated heterocycles. The quantitative estimate of drug-likeness (QED) is 0.667. The van der Waals surface area contributed by atoms with Gasteiger partial charge in [-0.2, -0.15) is 0 Å². The molecule has 0 aliphatic rings. The molecule has 0 aliphatic heterocycles. The second-order valence-corrected chi connectivity index (χ2v) is 8.51. The van der Waals surface area contributed by atoms with Crippen molar-refractivity contribution in [3.05, 3.63) is 59.1 Å². The van der Waals surface area contributed by atoms with Gasteiger partial charge in [-0.1, -0.05) is 36.7 Å². The first-order chi connectivity index (χ1) is 13.3. The molecule has 0 bridgehead atoms. The van der Waals surface area contributed by atoms with Crippen LogP contribution < -0.4 is 14.4 Å². The number of benzene rings is 2. The van der Waals surface area contributed by atoms with Gasteiger partial charge < -0.3 is 10.1 Å². The smallest absolute Gasteiger partial charge is 0.244 e. The van der Waals surface area contributed by atoms with Crippen LogP contribution >= 0.6 is 11.6 Å². The summed E-state index contributed by atoms with van der Waals surface area (Å²) in [5.41, 5.74) is 1.22. The normalized spacial score (nSPS) is 12.3. The summed E-state index contributed by atoms with van der Waals surface area (Å²) < 4.78 is 31.6. The highest BCUT2D eigenvalue weighted by molar-refractivity contribution is 7.92. The molecular weight excluding hydrogens is 400 g/mol. The molecule has 8 heteroatoms.